The number of hydrogen-bond acceptors (Lipinski definition) is 5. The minimum absolute atomic E-state index is 0.0395. The monoisotopic (exact) mass is 481 g/mol. The van der Waals surface area contributed by atoms with Gasteiger partial charge >= 0.3 is 6.03 Å². The second-order valence-electron chi connectivity index (χ2n) is 8.92. The van der Waals surface area contributed by atoms with Gasteiger partial charge in [-0.05, 0) is 69.4 Å². The first kappa shape index (κ1) is 26.1. The van der Waals surface area contributed by atoms with Crippen LogP contribution in [0.1, 0.15) is 48.5 Å². The molecule has 2 aromatic carbocycles. The molecule has 188 valence electrons. The first-order chi connectivity index (χ1) is 16.9. The van der Waals surface area contributed by atoms with Crippen molar-refractivity contribution in [1.82, 2.24) is 10.2 Å². The van der Waals surface area contributed by atoms with Crippen LogP contribution in [0.25, 0.3) is 0 Å². The normalized spacial score (nSPS) is 15.3. The largest absolute Gasteiger partial charge is 0.493 e. The average Bonchev–Trinajstić information content (AvgIpc) is 2.86. The maximum atomic E-state index is 12.7. The van der Waals surface area contributed by atoms with E-state index in [2.05, 4.69) is 10.6 Å². The van der Waals surface area contributed by atoms with E-state index in [4.69, 9.17) is 9.47 Å². The predicted molar refractivity (Wildman–Crippen MR) is 135 cm³/mol. The Morgan fingerprint density at radius 2 is 1.86 bits per heavy atom. The molecule has 3 amide bonds. The van der Waals surface area contributed by atoms with E-state index in [9.17, 15) is 14.4 Å². The van der Waals surface area contributed by atoms with Gasteiger partial charge in [-0.3, -0.25) is 9.59 Å². The van der Waals surface area contributed by atoms with Crippen molar-refractivity contribution in [3.05, 3.63) is 53.6 Å². The smallest absolute Gasteiger partial charge is 0.319 e. The van der Waals surface area contributed by atoms with Crippen molar-refractivity contribution in [1.29, 1.82) is 0 Å². The van der Waals surface area contributed by atoms with Crippen LogP contribution < -0.4 is 20.1 Å². The Labute approximate surface area is 207 Å². The topological polar surface area (TPSA) is 97.0 Å². The van der Waals surface area contributed by atoms with Crippen molar-refractivity contribution in [2.45, 2.75) is 39.5 Å². The van der Waals surface area contributed by atoms with Gasteiger partial charge in [0.1, 0.15) is 0 Å². The number of carbonyl (C=O) groups is 3. The van der Waals surface area contributed by atoms with Crippen molar-refractivity contribution in [3.63, 3.8) is 0 Å². The Morgan fingerprint density at radius 3 is 2.57 bits per heavy atom. The molecule has 0 aliphatic carbocycles. The number of rotatable bonds is 10. The first-order valence-corrected chi connectivity index (χ1v) is 12.1. The fraction of sp³-hybridized carbons (Fsp3) is 0.444. The zero-order valence-corrected chi connectivity index (χ0v) is 20.8. The van der Waals surface area contributed by atoms with Gasteiger partial charge in [0, 0.05) is 37.3 Å². The van der Waals surface area contributed by atoms with Gasteiger partial charge in [-0.2, -0.15) is 0 Å². The first-order valence-electron chi connectivity index (χ1n) is 12.1. The van der Waals surface area contributed by atoms with Crippen molar-refractivity contribution >= 4 is 23.4 Å². The number of ketones is 1. The van der Waals surface area contributed by atoms with Gasteiger partial charge in [-0.1, -0.05) is 17.7 Å². The highest BCUT2D eigenvalue weighted by Crippen LogP contribution is 2.28. The molecule has 2 N–H and O–H groups in total. The van der Waals surface area contributed by atoms with Gasteiger partial charge < -0.3 is 25.0 Å². The number of hydrogen-bond donors (Lipinski definition) is 2. The molecule has 3 rings (SSSR count). The lowest BCUT2D eigenvalue weighted by Gasteiger charge is -2.33. The molecule has 8 nitrogen and oxygen atoms in total. The lowest BCUT2D eigenvalue weighted by atomic mass is 9.97. The molecule has 1 aliphatic rings. The summed E-state index contributed by atoms with van der Waals surface area (Å²) in [7, 11) is 1.53. The number of likely N-dealkylation sites (tertiary alicyclic amines) is 1. The van der Waals surface area contributed by atoms with Crippen molar-refractivity contribution in [2.75, 3.05) is 38.7 Å². The summed E-state index contributed by atoms with van der Waals surface area (Å²) in [5, 5.41) is 5.76. The molecular formula is C27H35N3O5. The molecule has 1 atom stereocenters. The summed E-state index contributed by atoms with van der Waals surface area (Å²) in [4.78, 5) is 38.3. The average molecular weight is 482 g/mol. The number of Topliss-reactive ketones (excluding diaryl/α,β-unsaturated/α-hetero) is 1. The Bertz CT molecular complexity index is 1020. The number of carbonyl (C=O) groups excluding carboxylic acids is 3. The van der Waals surface area contributed by atoms with Crippen LogP contribution in [0.2, 0.25) is 0 Å². The molecule has 2 aromatic rings. The van der Waals surface area contributed by atoms with E-state index in [-0.39, 0.29) is 23.6 Å². The summed E-state index contributed by atoms with van der Waals surface area (Å²) in [6.45, 7) is 5.79. The Balaban J connectivity index is 1.38. The van der Waals surface area contributed by atoms with Crippen molar-refractivity contribution in [3.8, 4) is 11.5 Å². The van der Waals surface area contributed by atoms with Gasteiger partial charge in [0.05, 0.1) is 13.7 Å². The quantitative estimate of drug-likeness (QED) is 0.387. The SMILES string of the molecule is COc1cc(C(C)=O)ccc1OCCCC(=O)N1CCCC(CNC(=O)Nc2ccc(C)cc2)C1. The maximum absolute atomic E-state index is 12.7. The van der Waals surface area contributed by atoms with Crippen LogP contribution in [0.15, 0.2) is 42.5 Å². The van der Waals surface area contributed by atoms with Crippen LogP contribution in [0, 0.1) is 12.8 Å². The standard InChI is InChI=1S/C27H35N3O5/c1-19-8-11-23(12-9-19)29-27(33)28-17-21-6-4-14-30(18-21)26(32)7-5-15-35-24-13-10-22(20(2)31)16-25(24)34-3/h8-13,16,21H,4-7,14-15,17-18H2,1-3H3,(H2,28,29,33). The molecule has 35 heavy (non-hydrogen) atoms. The van der Waals surface area contributed by atoms with Gasteiger partial charge in [0.25, 0.3) is 0 Å². The highest BCUT2D eigenvalue weighted by molar-refractivity contribution is 5.94. The third-order valence-electron chi connectivity index (χ3n) is 6.10. The van der Waals surface area contributed by atoms with Crippen LogP contribution in [0.4, 0.5) is 10.5 Å². The van der Waals surface area contributed by atoms with E-state index in [0.717, 1.165) is 30.6 Å². The predicted octanol–water partition coefficient (Wildman–Crippen LogP) is 4.43. The highest BCUT2D eigenvalue weighted by atomic mass is 16.5. The summed E-state index contributed by atoms with van der Waals surface area (Å²) in [6, 6.07) is 12.5. The number of nitrogens with zero attached hydrogens (tertiary/aromatic N) is 1. The van der Waals surface area contributed by atoms with E-state index in [1.807, 2.05) is 36.1 Å². The number of urea groups is 1. The summed E-state index contributed by atoms with van der Waals surface area (Å²) in [5.74, 6) is 1.35. The lowest BCUT2D eigenvalue weighted by molar-refractivity contribution is -0.133. The van der Waals surface area contributed by atoms with Crippen molar-refractivity contribution in [2.24, 2.45) is 5.92 Å². The number of anilines is 1. The fourth-order valence-electron chi connectivity index (χ4n) is 4.08. The summed E-state index contributed by atoms with van der Waals surface area (Å²) < 4.78 is 11.1. The molecule has 0 spiro atoms. The van der Waals surface area contributed by atoms with Crippen LogP contribution in [-0.2, 0) is 4.79 Å². The maximum Gasteiger partial charge on any atom is 0.319 e. The number of nitrogens with one attached hydrogen (secondary N) is 2. The molecule has 0 aromatic heterocycles. The van der Waals surface area contributed by atoms with E-state index in [1.165, 1.54) is 14.0 Å². The van der Waals surface area contributed by atoms with Gasteiger partial charge in [0.2, 0.25) is 5.91 Å². The minimum atomic E-state index is -0.235. The zero-order chi connectivity index (χ0) is 25.2. The number of benzene rings is 2. The molecule has 0 bridgehead atoms. The zero-order valence-electron chi connectivity index (χ0n) is 20.8. The van der Waals surface area contributed by atoms with E-state index in [0.29, 0.717) is 49.6 Å². The van der Waals surface area contributed by atoms with Gasteiger partial charge in [-0.25, -0.2) is 4.79 Å². The molecule has 8 heteroatoms. The van der Waals surface area contributed by atoms with Crippen LogP contribution >= 0.6 is 0 Å². The lowest BCUT2D eigenvalue weighted by Crippen LogP contribution is -2.44. The summed E-state index contributed by atoms with van der Waals surface area (Å²) in [5.41, 5.74) is 2.45. The Morgan fingerprint density at radius 1 is 1.09 bits per heavy atom. The Kier molecular flexibility index (Phi) is 9.52. The second kappa shape index (κ2) is 12.8. The fourth-order valence-corrected chi connectivity index (χ4v) is 4.08. The number of piperidine rings is 1. The number of ether oxygens (including phenoxy) is 2. The van der Waals surface area contributed by atoms with E-state index < -0.39 is 0 Å². The van der Waals surface area contributed by atoms with Crippen LogP contribution in [0.5, 0.6) is 11.5 Å². The molecule has 1 unspecified atom stereocenters. The highest BCUT2D eigenvalue weighted by Gasteiger charge is 2.23. The van der Waals surface area contributed by atoms with E-state index >= 15 is 0 Å². The molecule has 1 aliphatic heterocycles. The molecule has 1 saturated heterocycles. The molecule has 1 fully saturated rings. The third-order valence-corrected chi connectivity index (χ3v) is 6.10. The second-order valence-corrected chi connectivity index (χ2v) is 8.92. The molecule has 1 heterocycles. The third kappa shape index (κ3) is 8.02. The van der Waals surface area contributed by atoms with E-state index in [1.54, 1.807) is 18.2 Å². The van der Waals surface area contributed by atoms with Crippen LogP contribution in [-0.4, -0.2) is 56.0 Å². The Hall–Kier alpha value is -3.55. The molecule has 0 saturated carbocycles. The summed E-state index contributed by atoms with van der Waals surface area (Å²) in [6.07, 6.45) is 2.87. The van der Waals surface area contributed by atoms with Gasteiger partial charge in [-0.15, -0.1) is 0 Å². The van der Waals surface area contributed by atoms with Crippen molar-refractivity contribution < 1.29 is 23.9 Å². The number of methoxy groups -OCH3 is 1. The number of amides is 3. The van der Waals surface area contributed by atoms with Crippen LogP contribution in [0.3, 0.4) is 0 Å². The summed E-state index contributed by atoms with van der Waals surface area (Å²) >= 11 is 0. The minimum Gasteiger partial charge on any atom is -0.493 e. The molecule has 0 radical (unpaired) electrons. The molecular weight excluding hydrogens is 446 g/mol. The van der Waals surface area contributed by atoms with Gasteiger partial charge in [0.15, 0.2) is 17.3 Å². The number of aryl methyl sites for hydroxylation is 1.